The molecular formula is C6H11Br2NO2. The maximum absolute atomic E-state index is 10.4. The number of carboxylic acids is 1. The predicted molar refractivity (Wildman–Crippen MR) is 51.4 cm³/mol. The van der Waals surface area contributed by atoms with Gasteiger partial charge >= 0.3 is 5.97 Å². The van der Waals surface area contributed by atoms with Crippen LogP contribution in [0, 0.1) is 5.92 Å². The van der Waals surface area contributed by atoms with Crippen molar-refractivity contribution in [2.24, 2.45) is 11.7 Å². The molecule has 0 amide bonds. The number of carbonyl (C=O) groups is 1. The van der Waals surface area contributed by atoms with Gasteiger partial charge in [-0.25, -0.2) is 0 Å². The number of carboxylic acid groups (broad SMARTS) is 1. The highest BCUT2D eigenvalue weighted by molar-refractivity contribution is 9.09. The molecule has 0 aromatic rings. The largest absolute Gasteiger partial charge is 0.480 e. The molecule has 3 N–H and O–H groups in total. The normalized spacial score (nSPS) is 35.3. The van der Waals surface area contributed by atoms with Crippen molar-refractivity contribution in [3.8, 4) is 0 Å². The quantitative estimate of drug-likeness (QED) is 0.750. The second kappa shape index (κ2) is 3.87. The molecule has 11 heavy (non-hydrogen) atoms. The van der Waals surface area contributed by atoms with E-state index in [-0.39, 0.29) is 17.0 Å². The van der Waals surface area contributed by atoms with Gasteiger partial charge in [-0.15, -0.1) is 17.0 Å². The first-order valence-corrected chi connectivity index (χ1v) is 4.29. The molecule has 5 heteroatoms. The Morgan fingerprint density at radius 2 is 2.18 bits per heavy atom. The maximum atomic E-state index is 10.4. The third-order valence-corrected chi connectivity index (χ3v) is 2.87. The first-order valence-electron chi connectivity index (χ1n) is 3.17. The minimum atomic E-state index is -0.918. The Balaban J connectivity index is 0.000001000. The Hall–Kier alpha value is 0.390. The molecule has 66 valence electrons. The fraction of sp³-hybridized carbons (Fsp3) is 0.833. The molecule has 0 aliphatic heterocycles. The van der Waals surface area contributed by atoms with E-state index in [1.807, 2.05) is 0 Å². The fourth-order valence-corrected chi connectivity index (χ4v) is 1.71. The first kappa shape index (κ1) is 11.4. The van der Waals surface area contributed by atoms with E-state index in [1.165, 1.54) is 0 Å². The van der Waals surface area contributed by atoms with Crippen LogP contribution in [0.5, 0.6) is 0 Å². The number of hydrogen-bond donors (Lipinski definition) is 2. The van der Waals surface area contributed by atoms with Crippen molar-refractivity contribution in [1.29, 1.82) is 0 Å². The Morgan fingerprint density at radius 1 is 1.73 bits per heavy atom. The van der Waals surface area contributed by atoms with E-state index in [4.69, 9.17) is 10.8 Å². The molecule has 0 heterocycles. The van der Waals surface area contributed by atoms with E-state index in [9.17, 15) is 4.79 Å². The Morgan fingerprint density at radius 3 is 2.45 bits per heavy atom. The summed E-state index contributed by atoms with van der Waals surface area (Å²) in [4.78, 5) is 10.4. The van der Waals surface area contributed by atoms with Crippen molar-refractivity contribution >= 4 is 38.9 Å². The van der Waals surface area contributed by atoms with Gasteiger partial charge in [0.15, 0.2) is 0 Å². The summed E-state index contributed by atoms with van der Waals surface area (Å²) in [5.41, 5.74) is 4.57. The summed E-state index contributed by atoms with van der Waals surface area (Å²) in [6, 6.07) is 0. The van der Waals surface area contributed by atoms with Gasteiger partial charge in [0.25, 0.3) is 0 Å². The summed E-state index contributed by atoms with van der Waals surface area (Å²) in [5.74, 6) is -0.411. The molecule has 3 nitrogen and oxygen atoms in total. The molecule has 0 aromatic heterocycles. The van der Waals surface area contributed by atoms with E-state index in [1.54, 1.807) is 0 Å². The van der Waals surface area contributed by atoms with Crippen molar-refractivity contribution < 1.29 is 9.90 Å². The zero-order chi connectivity index (χ0) is 7.78. The lowest BCUT2D eigenvalue weighted by atomic mass is 9.70. The summed E-state index contributed by atoms with van der Waals surface area (Å²) in [7, 11) is 0. The molecular weight excluding hydrogens is 278 g/mol. The summed E-state index contributed by atoms with van der Waals surface area (Å²) in [6.07, 6.45) is 1.21. The van der Waals surface area contributed by atoms with Crippen molar-refractivity contribution in [1.82, 2.24) is 0 Å². The minimum Gasteiger partial charge on any atom is -0.480 e. The Bertz CT molecular complexity index is 157. The van der Waals surface area contributed by atoms with Crippen molar-refractivity contribution in [2.75, 3.05) is 5.33 Å². The Labute approximate surface area is 84.2 Å². The molecule has 0 radical (unpaired) electrons. The van der Waals surface area contributed by atoms with Crippen LogP contribution in [-0.2, 0) is 4.79 Å². The van der Waals surface area contributed by atoms with Crippen LogP contribution in [0.2, 0.25) is 0 Å². The molecule has 1 rings (SSSR count). The second-order valence-electron chi connectivity index (χ2n) is 2.89. The molecule has 0 unspecified atom stereocenters. The number of halogens is 2. The minimum absolute atomic E-state index is 0. The van der Waals surface area contributed by atoms with Crippen molar-refractivity contribution in [3.05, 3.63) is 0 Å². The molecule has 0 bridgehead atoms. The van der Waals surface area contributed by atoms with Gasteiger partial charge in [-0.1, -0.05) is 15.9 Å². The molecule has 1 aliphatic rings. The number of aliphatic carboxylic acids is 1. The molecule has 1 aliphatic carbocycles. The zero-order valence-corrected chi connectivity index (χ0v) is 9.22. The van der Waals surface area contributed by atoms with E-state index in [0.717, 1.165) is 5.33 Å². The lowest BCUT2D eigenvalue weighted by molar-refractivity contribution is -0.148. The SMILES string of the molecule is Br.N[C@]1(C(=O)O)C[C@H](CBr)C1. The lowest BCUT2D eigenvalue weighted by Gasteiger charge is -2.40. The van der Waals surface area contributed by atoms with Crippen molar-refractivity contribution in [2.45, 2.75) is 18.4 Å². The Kier molecular flexibility index (Phi) is 4.00. The third-order valence-electron chi connectivity index (χ3n) is 1.95. The van der Waals surface area contributed by atoms with Crippen molar-refractivity contribution in [3.63, 3.8) is 0 Å². The number of nitrogens with two attached hydrogens (primary N) is 1. The average molecular weight is 289 g/mol. The van der Waals surface area contributed by atoms with Crippen LogP contribution < -0.4 is 5.73 Å². The summed E-state index contributed by atoms with van der Waals surface area (Å²) >= 11 is 3.28. The van der Waals surface area contributed by atoms with Crippen LogP contribution in [0.1, 0.15) is 12.8 Å². The van der Waals surface area contributed by atoms with Gasteiger partial charge in [0.05, 0.1) is 0 Å². The zero-order valence-electron chi connectivity index (χ0n) is 5.92. The predicted octanol–water partition coefficient (Wildman–Crippen LogP) is 1.15. The van der Waals surface area contributed by atoms with Gasteiger partial charge in [0.1, 0.15) is 5.54 Å². The lowest BCUT2D eigenvalue weighted by Crippen LogP contribution is -2.58. The van der Waals surface area contributed by atoms with Crippen LogP contribution in [0.15, 0.2) is 0 Å². The summed E-state index contributed by atoms with van der Waals surface area (Å²) in [6.45, 7) is 0. The van der Waals surface area contributed by atoms with E-state index >= 15 is 0 Å². The van der Waals surface area contributed by atoms with Crippen LogP contribution in [0.4, 0.5) is 0 Å². The van der Waals surface area contributed by atoms with Gasteiger partial charge in [0.2, 0.25) is 0 Å². The van der Waals surface area contributed by atoms with E-state index in [0.29, 0.717) is 18.8 Å². The first-order chi connectivity index (χ1) is 4.58. The smallest absolute Gasteiger partial charge is 0.323 e. The number of hydrogen-bond acceptors (Lipinski definition) is 2. The molecule has 0 atom stereocenters. The number of alkyl halides is 1. The van der Waals surface area contributed by atoms with Gasteiger partial charge in [-0.3, -0.25) is 4.79 Å². The van der Waals surface area contributed by atoms with Gasteiger partial charge < -0.3 is 10.8 Å². The van der Waals surface area contributed by atoms with E-state index < -0.39 is 11.5 Å². The maximum Gasteiger partial charge on any atom is 0.323 e. The van der Waals surface area contributed by atoms with Crippen LogP contribution in [-0.4, -0.2) is 21.9 Å². The summed E-state index contributed by atoms with van der Waals surface area (Å²) < 4.78 is 0. The summed E-state index contributed by atoms with van der Waals surface area (Å²) in [5, 5.41) is 9.43. The van der Waals surface area contributed by atoms with Gasteiger partial charge in [0, 0.05) is 5.33 Å². The topological polar surface area (TPSA) is 63.3 Å². The van der Waals surface area contributed by atoms with Crippen LogP contribution in [0.3, 0.4) is 0 Å². The standard InChI is InChI=1S/C6H10BrNO2.BrH/c7-3-4-1-6(8,2-4)5(9)10;/h4H,1-3,8H2,(H,9,10);1H/t4-,6+;. The molecule has 0 aromatic carbocycles. The van der Waals surface area contributed by atoms with E-state index in [2.05, 4.69) is 15.9 Å². The van der Waals surface area contributed by atoms with Crippen LogP contribution in [0.25, 0.3) is 0 Å². The molecule has 1 saturated carbocycles. The van der Waals surface area contributed by atoms with Crippen LogP contribution >= 0.6 is 32.9 Å². The molecule has 1 fully saturated rings. The fourth-order valence-electron chi connectivity index (χ4n) is 1.25. The number of rotatable bonds is 2. The highest BCUT2D eigenvalue weighted by atomic mass is 79.9. The molecule has 0 saturated heterocycles. The monoisotopic (exact) mass is 287 g/mol. The van der Waals surface area contributed by atoms with Gasteiger partial charge in [-0.2, -0.15) is 0 Å². The average Bonchev–Trinajstić information content (AvgIpc) is 1.80. The molecule has 0 spiro atoms. The second-order valence-corrected chi connectivity index (χ2v) is 3.54. The highest BCUT2D eigenvalue weighted by Crippen LogP contribution is 2.36. The highest BCUT2D eigenvalue weighted by Gasteiger charge is 2.46. The van der Waals surface area contributed by atoms with Gasteiger partial charge in [-0.05, 0) is 18.8 Å². The third kappa shape index (κ3) is 2.16.